The van der Waals surface area contributed by atoms with Crippen LogP contribution in [0.1, 0.15) is 247 Å². The van der Waals surface area contributed by atoms with Crippen LogP contribution < -0.4 is 11.5 Å². The van der Waals surface area contributed by atoms with E-state index in [1.165, 1.54) is 205 Å². The molecule has 0 saturated carbocycles. The van der Waals surface area contributed by atoms with Gasteiger partial charge in [-0.25, -0.2) is 0 Å². The van der Waals surface area contributed by atoms with Crippen molar-refractivity contribution in [1.29, 1.82) is 0 Å². The first-order valence-electron chi connectivity index (χ1n) is 20.6. The number of hydrogen-bond donors (Lipinski definition) is 4. The lowest BCUT2D eigenvalue weighted by Crippen LogP contribution is -2.39. The highest BCUT2D eigenvalue weighted by Gasteiger charge is 2.24. The second-order valence-electron chi connectivity index (χ2n) is 14.7. The molecule has 0 radical (unpaired) electrons. The fourth-order valence-corrected chi connectivity index (χ4v) is 6.53. The van der Waals surface area contributed by atoms with Crippen molar-refractivity contribution < 1.29 is 17.5 Å². The Balaban J connectivity index is -0.000000719. The first-order valence-corrected chi connectivity index (χ1v) is 22.0. The zero-order valence-corrected chi connectivity index (χ0v) is 33.7. The molecule has 0 aromatic carbocycles. The van der Waals surface area contributed by atoms with Gasteiger partial charge in [-0.15, -0.1) is 0 Å². The summed E-state index contributed by atoms with van der Waals surface area (Å²) >= 11 is 0. The average Bonchev–Trinajstić information content (AvgIpc) is 3.01. The molecule has 0 aliphatic rings. The normalized spacial score (nSPS) is 14.0. The van der Waals surface area contributed by atoms with Crippen molar-refractivity contribution >= 4 is 10.4 Å². The van der Waals surface area contributed by atoms with Gasteiger partial charge in [0.15, 0.2) is 0 Å². The molecular formula is C40H88N2O4S. The van der Waals surface area contributed by atoms with E-state index in [-0.39, 0.29) is 11.1 Å². The third-order valence-electron chi connectivity index (χ3n) is 9.67. The van der Waals surface area contributed by atoms with E-state index in [1.807, 2.05) is 0 Å². The maximum Gasteiger partial charge on any atom is 0.394 e. The molecule has 0 aliphatic carbocycles. The molecule has 0 saturated heterocycles. The molecule has 288 valence electrons. The molecule has 0 spiro atoms. The number of hydrogen-bond acceptors (Lipinski definition) is 4. The summed E-state index contributed by atoms with van der Waals surface area (Å²) in [5.41, 5.74) is 13.8. The SMILES string of the molecule is CCCCCCCCC(N)(CCCCC)CCCCCC.CCCCCCCCC(N)(CCCCC)CCCCCC.O=S(=O)(O)O. The quantitative estimate of drug-likeness (QED) is 0.0410. The summed E-state index contributed by atoms with van der Waals surface area (Å²) in [5, 5.41) is 0. The summed E-state index contributed by atoms with van der Waals surface area (Å²) in [6.45, 7) is 13.7. The van der Waals surface area contributed by atoms with Crippen LogP contribution in [0.15, 0.2) is 0 Å². The van der Waals surface area contributed by atoms with Gasteiger partial charge in [0, 0.05) is 11.1 Å². The maximum atomic E-state index is 8.74. The number of unbranched alkanes of at least 4 members (excludes halogenated alkanes) is 20. The third-order valence-corrected chi connectivity index (χ3v) is 9.67. The second kappa shape index (κ2) is 37.1. The molecule has 0 bridgehead atoms. The Morgan fingerprint density at radius 1 is 0.340 bits per heavy atom. The van der Waals surface area contributed by atoms with Crippen LogP contribution in [0, 0.1) is 0 Å². The summed E-state index contributed by atoms with van der Waals surface area (Å²) in [6, 6.07) is 0. The van der Waals surface area contributed by atoms with Crippen LogP contribution in [0.4, 0.5) is 0 Å². The van der Waals surface area contributed by atoms with E-state index in [2.05, 4.69) is 41.5 Å². The Labute approximate surface area is 296 Å². The van der Waals surface area contributed by atoms with Gasteiger partial charge >= 0.3 is 10.4 Å². The Hall–Kier alpha value is -0.210. The third kappa shape index (κ3) is 45.8. The molecule has 0 aromatic heterocycles. The van der Waals surface area contributed by atoms with E-state index < -0.39 is 10.4 Å². The van der Waals surface area contributed by atoms with Gasteiger partial charge < -0.3 is 11.5 Å². The number of nitrogens with two attached hydrogens (primary N) is 2. The molecule has 0 rings (SSSR count). The lowest BCUT2D eigenvalue weighted by molar-refractivity contribution is 0.304. The smallest absolute Gasteiger partial charge is 0.325 e. The second-order valence-corrected chi connectivity index (χ2v) is 15.6. The largest absolute Gasteiger partial charge is 0.394 e. The van der Waals surface area contributed by atoms with Crippen LogP contribution in [0.2, 0.25) is 0 Å². The standard InChI is InChI=1S/2C20H43N.H2O4S/c2*1-4-7-10-12-13-16-19-20(21,17-14-9-6-3)18-15-11-8-5-2;1-5(2,3)4/h2*4-19,21H2,1-3H3;(H2,1,2,3,4). The van der Waals surface area contributed by atoms with Crippen molar-refractivity contribution in [2.45, 2.75) is 258 Å². The molecule has 6 nitrogen and oxygen atoms in total. The molecule has 6 N–H and O–H groups in total. The molecule has 0 fully saturated rings. The van der Waals surface area contributed by atoms with Crippen LogP contribution >= 0.6 is 0 Å². The Morgan fingerprint density at radius 2 is 0.468 bits per heavy atom. The van der Waals surface area contributed by atoms with Crippen molar-refractivity contribution in [3.05, 3.63) is 0 Å². The van der Waals surface area contributed by atoms with Gasteiger partial charge in [0.2, 0.25) is 0 Å². The molecule has 7 heteroatoms. The van der Waals surface area contributed by atoms with Crippen molar-refractivity contribution in [3.8, 4) is 0 Å². The summed E-state index contributed by atoms with van der Waals surface area (Å²) in [5.74, 6) is 0. The maximum absolute atomic E-state index is 8.74. The monoisotopic (exact) mass is 693 g/mol. The van der Waals surface area contributed by atoms with Crippen LogP contribution in [-0.2, 0) is 10.4 Å². The van der Waals surface area contributed by atoms with E-state index in [0.717, 1.165) is 0 Å². The van der Waals surface area contributed by atoms with Crippen molar-refractivity contribution in [2.75, 3.05) is 0 Å². The van der Waals surface area contributed by atoms with Crippen LogP contribution in [-0.4, -0.2) is 28.6 Å². The molecule has 0 aliphatic heterocycles. The minimum absolute atomic E-state index is 0.146. The van der Waals surface area contributed by atoms with E-state index >= 15 is 0 Å². The predicted molar refractivity (Wildman–Crippen MR) is 210 cm³/mol. The minimum atomic E-state index is -4.67. The van der Waals surface area contributed by atoms with Gasteiger partial charge in [0.25, 0.3) is 0 Å². The Kier molecular flexibility index (Phi) is 40.3. The van der Waals surface area contributed by atoms with Gasteiger partial charge in [-0.2, -0.15) is 8.42 Å². The summed E-state index contributed by atoms with van der Waals surface area (Å²) in [6.07, 6.45) is 43.0. The molecule has 0 aromatic rings. The molecule has 47 heavy (non-hydrogen) atoms. The van der Waals surface area contributed by atoms with E-state index in [1.54, 1.807) is 0 Å². The zero-order valence-electron chi connectivity index (χ0n) is 32.9. The highest BCUT2D eigenvalue weighted by atomic mass is 32.3. The molecule has 0 heterocycles. The minimum Gasteiger partial charge on any atom is -0.325 e. The van der Waals surface area contributed by atoms with Crippen molar-refractivity contribution in [2.24, 2.45) is 11.5 Å². The lowest BCUT2D eigenvalue weighted by Gasteiger charge is -2.30. The average molecular weight is 693 g/mol. The van der Waals surface area contributed by atoms with E-state index in [0.29, 0.717) is 0 Å². The van der Waals surface area contributed by atoms with Gasteiger partial charge in [-0.1, -0.05) is 208 Å². The fourth-order valence-electron chi connectivity index (χ4n) is 6.53. The van der Waals surface area contributed by atoms with Gasteiger partial charge in [-0.05, 0) is 38.5 Å². The number of rotatable bonds is 32. The van der Waals surface area contributed by atoms with Crippen LogP contribution in [0.5, 0.6) is 0 Å². The van der Waals surface area contributed by atoms with E-state index in [9.17, 15) is 0 Å². The van der Waals surface area contributed by atoms with Crippen molar-refractivity contribution in [3.63, 3.8) is 0 Å². The van der Waals surface area contributed by atoms with Gasteiger partial charge in [0.05, 0.1) is 0 Å². The van der Waals surface area contributed by atoms with Gasteiger partial charge in [0.1, 0.15) is 0 Å². The molecular weight excluding hydrogens is 605 g/mol. The summed E-state index contributed by atoms with van der Waals surface area (Å²) in [7, 11) is -4.67. The van der Waals surface area contributed by atoms with Crippen LogP contribution in [0.25, 0.3) is 0 Å². The summed E-state index contributed by atoms with van der Waals surface area (Å²) in [4.78, 5) is 0. The fraction of sp³-hybridized carbons (Fsp3) is 1.00. The zero-order chi connectivity index (χ0) is 36.1. The Morgan fingerprint density at radius 3 is 0.681 bits per heavy atom. The molecule has 2 unspecified atom stereocenters. The molecule has 2 atom stereocenters. The highest BCUT2D eigenvalue weighted by molar-refractivity contribution is 7.79. The lowest BCUT2D eigenvalue weighted by atomic mass is 9.83. The topological polar surface area (TPSA) is 127 Å². The Bertz CT molecular complexity index is 654. The van der Waals surface area contributed by atoms with Gasteiger partial charge in [-0.3, -0.25) is 9.11 Å². The van der Waals surface area contributed by atoms with Crippen molar-refractivity contribution in [1.82, 2.24) is 0 Å². The first kappa shape index (κ1) is 51.2. The highest BCUT2D eigenvalue weighted by Crippen LogP contribution is 2.27. The summed E-state index contributed by atoms with van der Waals surface area (Å²) < 4.78 is 31.6. The predicted octanol–water partition coefficient (Wildman–Crippen LogP) is 13.3. The molecule has 0 amide bonds. The first-order chi connectivity index (χ1) is 22.4. The van der Waals surface area contributed by atoms with E-state index in [4.69, 9.17) is 29.0 Å². The van der Waals surface area contributed by atoms with Crippen LogP contribution in [0.3, 0.4) is 0 Å².